The van der Waals surface area contributed by atoms with E-state index >= 15 is 0 Å². The minimum Gasteiger partial charge on any atom is -0.457 e. The number of amides is 3. The minimum atomic E-state index is -0.684. The van der Waals surface area contributed by atoms with Crippen LogP contribution < -0.4 is 4.74 Å². The Morgan fingerprint density at radius 1 is 0.850 bits per heavy atom. The molecule has 1 aliphatic carbocycles. The van der Waals surface area contributed by atoms with Gasteiger partial charge in [-0.15, -0.1) is 0 Å². The number of rotatable bonds is 8. The van der Waals surface area contributed by atoms with E-state index < -0.39 is 46.8 Å². The summed E-state index contributed by atoms with van der Waals surface area (Å²) in [4.78, 5) is 63.7. The number of carbonyl (C=O) groups is 4. The molecule has 3 aromatic carbocycles. The molecule has 11 heteroatoms. The van der Waals surface area contributed by atoms with Crippen LogP contribution in [0, 0.1) is 22.0 Å². The van der Waals surface area contributed by atoms with Crippen molar-refractivity contribution in [3.05, 3.63) is 111 Å². The van der Waals surface area contributed by atoms with Crippen molar-refractivity contribution in [2.75, 3.05) is 6.54 Å². The molecule has 1 heterocycles. The normalized spacial score (nSPS) is 17.9. The summed E-state index contributed by atoms with van der Waals surface area (Å²) in [5, 5.41) is 13.0. The fourth-order valence-corrected chi connectivity index (χ4v) is 4.83. The van der Waals surface area contributed by atoms with Gasteiger partial charge in [0.1, 0.15) is 18.0 Å². The number of carbonyl (C=O) groups excluding carboxylic acids is 4. The lowest BCUT2D eigenvalue weighted by Crippen LogP contribution is -2.52. The van der Waals surface area contributed by atoms with Crippen molar-refractivity contribution < 1.29 is 28.8 Å². The van der Waals surface area contributed by atoms with Crippen LogP contribution in [-0.2, 0) is 9.59 Å². The van der Waals surface area contributed by atoms with Crippen LogP contribution in [0.3, 0.4) is 0 Å². The summed E-state index contributed by atoms with van der Waals surface area (Å²) in [5.41, 5.74) is 0.317. The second kappa shape index (κ2) is 11.1. The standard InChI is InChI=1S/C29H22ClN3O7/c30-20-9-5-19(6-10-20)27(35)31(32-28(36)24-3-1-2-4-25(24)29(32)37)17-26(34)18-7-13-22(14-8-18)40-23-15-11-21(12-16-23)33(38)39/h1-2,5-16,24-25H,3-4,17H2/t24-,25-/m1/s1. The van der Waals surface area contributed by atoms with Gasteiger partial charge in [0.2, 0.25) is 0 Å². The number of Topliss-reactive ketones (excluding diaryl/α,β-unsaturated/α-hetero) is 1. The van der Waals surface area contributed by atoms with E-state index in [0.717, 1.165) is 10.0 Å². The summed E-state index contributed by atoms with van der Waals surface area (Å²) in [6.45, 7) is -0.547. The van der Waals surface area contributed by atoms with Crippen molar-refractivity contribution >= 4 is 40.8 Å². The van der Waals surface area contributed by atoms with Gasteiger partial charge >= 0.3 is 0 Å². The minimum absolute atomic E-state index is 0.0727. The predicted molar refractivity (Wildman–Crippen MR) is 144 cm³/mol. The van der Waals surface area contributed by atoms with E-state index in [9.17, 15) is 29.3 Å². The zero-order chi connectivity index (χ0) is 28.4. The highest BCUT2D eigenvalue weighted by molar-refractivity contribution is 6.30. The fourth-order valence-electron chi connectivity index (χ4n) is 4.70. The van der Waals surface area contributed by atoms with Crippen LogP contribution in [0.25, 0.3) is 0 Å². The van der Waals surface area contributed by atoms with Crippen molar-refractivity contribution in [2.24, 2.45) is 11.8 Å². The molecule has 3 amide bonds. The number of fused-ring (bicyclic) bond motifs is 1. The Balaban J connectivity index is 1.36. The monoisotopic (exact) mass is 559 g/mol. The zero-order valence-corrected chi connectivity index (χ0v) is 21.7. The third kappa shape index (κ3) is 5.34. The number of ketones is 1. The van der Waals surface area contributed by atoms with Crippen molar-refractivity contribution in [1.29, 1.82) is 0 Å². The van der Waals surface area contributed by atoms with Crippen LogP contribution in [0.2, 0.25) is 5.02 Å². The van der Waals surface area contributed by atoms with Crippen LogP contribution >= 0.6 is 11.6 Å². The number of benzene rings is 3. The number of nitro groups is 1. The Morgan fingerprint density at radius 3 is 1.88 bits per heavy atom. The highest BCUT2D eigenvalue weighted by atomic mass is 35.5. The smallest absolute Gasteiger partial charge is 0.273 e. The van der Waals surface area contributed by atoms with Gasteiger partial charge in [0, 0.05) is 28.3 Å². The molecule has 1 fully saturated rings. The van der Waals surface area contributed by atoms with Gasteiger partial charge in [0.25, 0.3) is 23.4 Å². The maximum Gasteiger partial charge on any atom is 0.273 e. The van der Waals surface area contributed by atoms with E-state index in [1.165, 1.54) is 72.8 Å². The molecular weight excluding hydrogens is 538 g/mol. The topological polar surface area (TPSA) is 127 Å². The Labute approximate surface area is 233 Å². The van der Waals surface area contributed by atoms with E-state index in [1.807, 2.05) is 12.2 Å². The van der Waals surface area contributed by atoms with Gasteiger partial charge in [-0.3, -0.25) is 29.3 Å². The molecule has 0 unspecified atom stereocenters. The van der Waals surface area contributed by atoms with Crippen LogP contribution in [0.4, 0.5) is 5.69 Å². The highest BCUT2D eigenvalue weighted by Crippen LogP contribution is 2.36. The number of hydrogen-bond acceptors (Lipinski definition) is 7. The molecule has 10 nitrogen and oxygen atoms in total. The van der Waals surface area contributed by atoms with Gasteiger partial charge in [0.15, 0.2) is 5.78 Å². The van der Waals surface area contributed by atoms with E-state index in [2.05, 4.69) is 0 Å². The molecule has 2 atom stereocenters. The van der Waals surface area contributed by atoms with Crippen LogP contribution in [-0.4, -0.2) is 45.0 Å². The Hall–Kier alpha value is -4.83. The Morgan fingerprint density at radius 2 is 1.35 bits per heavy atom. The first-order valence-electron chi connectivity index (χ1n) is 12.4. The Kier molecular flexibility index (Phi) is 7.43. The SMILES string of the molecule is O=C(CN(C(=O)c1ccc(Cl)cc1)N1C(=O)[C@@H]2CC=CC[C@H]2C1=O)c1ccc(Oc2ccc([N+](=O)[O-])cc2)cc1. The van der Waals surface area contributed by atoms with E-state index in [0.29, 0.717) is 29.4 Å². The van der Waals surface area contributed by atoms with Gasteiger partial charge in [-0.1, -0.05) is 23.8 Å². The molecule has 202 valence electrons. The predicted octanol–water partition coefficient (Wildman–Crippen LogP) is 5.23. The second-order valence-corrected chi connectivity index (χ2v) is 9.75. The van der Waals surface area contributed by atoms with Crippen LogP contribution in [0.15, 0.2) is 84.9 Å². The lowest BCUT2D eigenvalue weighted by molar-refractivity contribution is -0.384. The number of hydrogen-bond donors (Lipinski definition) is 0. The van der Waals surface area contributed by atoms with Crippen LogP contribution in [0.5, 0.6) is 11.5 Å². The molecule has 1 saturated heterocycles. The average Bonchev–Trinajstić information content (AvgIpc) is 3.22. The van der Waals surface area contributed by atoms with E-state index in [4.69, 9.17) is 16.3 Å². The number of hydrazine groups is 1. The Bertz CT molecular complexity index is 1490. The molecule has 1 aliphatic heterocycles. The van der Waals surface area contributed by atoms with Gasteiger partial charge in [-0.25, -0.2) is 5.01 Å². The number of imide groups is 1. The number of nitro benzene ring substituents is 1. The quantitative estimate of drug-likeness (QED) is 0.121. The van der Waals surface area contributed by atoms with E-state index in [1.54, 1.807) is 0 Å². The molecule has 0 aromatic heterocycles. The summed E-state index contributed by atoms with van der Waals surface area (Å²) in [6.07, 6.45) is 4.46. The summed E-state index contributed by atoms with van der Waals surface area (Å²) >= 11 is 5.96. The van der Waals surface area contributed by atoms with Crippen molar-refractivity contribution in [3.63, 3.8) is 0 Å². The molecule has 0 radical (unpaired) electrons. The summed E-state index contributed by atoms with van der Waals surface area (Å²) in [7, 11) is 0. The van der Waals surface area contributed by atoms with Crippen molar-refractivity contribution in [1.82, 2.24) is 10.0 Å². The first-order valence-corrected chi connectivity index (χ1v) is 12.8. The first-order chi connectivity index (χ1) is 19.2. The van der Waals surface area contributed by atoms with Crippen LogP contribution in [0.1, 0.15) is 33.6 Å². The number of nitrogens with zero attached hydrogens (tertiary/aromatic N) is 3. The van der Waals surface area contributed by atoms with Gasteiger partial charge in [-0.2, -0.15) is 5.01 Å². The number of ether oxygens (including phenoxy) is 1. The number of allylic oxidation sites excluding steroid dienone is 2. The maximum absolute atomic E-state index is 13.5. The summed E-state index contributed by atoms with van der Waals surface area (Å²) < 4.78 is 5.69. The molecule has 5 rings (SSSR count). The van der Waals surface area contributed by atoms with Gasteiger partial charge in [-0.05, 0) is 73.5 Å². The van der Waals surface area contributed by atoms with Crippen molar-refractivity contribution in [2.45, 2.75) is 12.8 Å². The maximum atomic E-state index is 13.5. The lowest BCUT2D eigenvalue weighted by atomic mass is 9.85. The fraction of sp³-hybridized carbons (Fsp3) is 0.172. The largest absolute Gasteiger partial charge is 0.457 e. The molecule has 0 N–H and O–H groups in total. The molecule has 2 aliphatic rings. The highest BCUT2D eigenvalue weighted by Gasteiger charge is 2.51. The summed E-state index contributed by atoms with van der Waals surface area (Å²) in [6, 6.07) is 17.5. The second-order valence-electron chi connectivity index (χ2n) is 9.31. The van der Waals surface area contributed by atoms with Crippen molar-refractivity contribution in [3.8, 4) is 11.5 Å². The van der Waals surface area contributed by atoms with Gasteiger partial charge < -0.3 is 4.74 Å². The number of halogens is 1. The first kappa shape index (κ1) is 26.8. The van der Waals surface area contributed by atoms with Gasteiger partial charge in [0.05, 0.1) is 16.8 Å². The third-order valence-corrected chi connectivity index (χ3v) is 7.06. The molecule has 40 heavy (non-hydrogen) atoms. The van der Waals surface area contributed by atoms with E-state index in [-0.39, 0.29) is 16.8 Å². The molecule has 0 bridgehead atoms. The lowest BCUT2D eigenvalue weighted by Gasteiger charge is -2.30. The number of non-ortho nitro benzene ring substituents is 1. The molecule has 0 saturated carbocycles. The zero-order valence-electron chi connectivity index (χ0n) is 20.9. The summed E-state index contributed by atoms with van der Waals surface area (Å²) in [5.74, 6) is -2.63. The molecular formula is C29H22ClN3O7. The third-order valence-electron chi connectivity index (χ3n) is 6.80. The molecule has 0 spiro atoms. The average molecular weight is 560 g/mol. The molecule has 3 aromatic rings.